The molecule has 0 aliphatic carbocycles. The molecule has 2 aromatic rings. The van der Waals surface area contributed by atoms with E-state index in [1.165, 1.54) is 5.56 Å². The van der Waals surface area contributed by atoms with Crippen LogP contribution >= 0.6 is 11.6 Å². The van der Waals surface area contributed by atoms with Crippen LogP contribution in [0.2, 0.25) is 5.02 Å². The Bertz CT molecular complexity index is 534. The minimum absolute atomic E-state index is 0.465. The van der Waals surface area contributed by atoms with Gasteiger partial charge in [-0.15, -0.1) is 0 Å². The third-order valence-corrected chi connectivity index (χ3v) is 3.24. The zero-order chi connectivity index (χ0) is 13.1. The van der Waals surface area contributed by atoms with Crippen molar-refractivity contribution in [2.75, 3.05) is 0 Å². The molecular formula is C14H17ClN2O. The summed E-state index contributed by atoms with van der Waals surface area (Å²) in [5, 5.41) is 7.49. The quantitative estimate of drug-likeness (QED) is 0.904. The molecule has 0 saturated heterocycles. The number of ether oxygens (including phenoxy) is 1. The molecule has 0 atom stereocenters. The fourth-order valence-electron chi connectivity index (χ4n) is 1.67. The topological polar surface area (TPSA) is 37.9 Å². The third kappa shape index (κ3) is 2.85. The molecule has 4 heteroatoms. The lowest BCUT2D eigenvalue weighted by molar-refractivity contribution is 0.305. The van der Waals surface area contributed by atoms with E-state index in [0.717, 1.165) is 11.3 Å². The molecule has 0 radical (unpaired) electrons. The second-order valence-corrected chi connectivity index (χ2v) is 5.06. The first-order valence-corrected chi connectivity index (χ1v) is 6.37. The van der Waals surface area contributed by atoms with E-state index in [1.807, 2.05) is 25.1 Å². The molecule has 0 spiro atoms. The van der Waals surface area contributed by atoms with Crippen molar-refractivity contribution in [1.82, 2.24) is 10.2 Å². The van der Waals surface area contributed by atoms with Crippen LogP contribution in [-0.2, 0) is 6.61 Å². The van der Waals surface area contributed by atoms with E-state index in [-0.39, 0.29) is 0 Å². The molecular weight excluding hydrogens is 248 g/mol. The van der Waals surface area contributed by atoms with Gasteiger partial charge in [-0.25, -0.2) is 0 Å². The highest BCUT2D eigenvalue weighted by Gasteiger charge is 2.07. The number of aromatic nitrogens is 2. The van der Waals surface area contributed by atoms with Crippen LogP contribution in [0, 0.1) is 6.92 Å². The van der Waals surface area contributed by atoms with E-state index in [4.69, 9.17) is 16.3 Å². The summed E-state index contributed by atoms with van der Waals surface area (Å²) in [4.78, 5) is 0. The minimum Gasteiger partial charge on any atom is -0.487 e. The Kier molecular flexibility index (Phi) is 3.92. The first-order valence-electron chi connectivity index (χ1n) is 5.99. The minimum atomic E-state index is 0.465. The number of nitrogens with zero attached hydrogens (tertiary/aromatic N) is 1. The van der Waals surface area contributed by atoms with Crippen molar-refractivity contribution in [3.05, 3.63) is 46.2 Å². The van der Waals surface area contributed by atoms with Crippen molar-refractivity contribution >= 4 is 11.6 Å². The maximum absolute atomic E-state index is 6.20. The van der Waals surface area contributed by atoms with Crippen LogP contribution in [0.4, 0.5) is 0 Å². The molecule has 0 unspecified atom stereocenters. The molecule has 0 aliphatic heterocycles. The number of aryl methyl sites for hydroxylation is 1. The highest BCUT2D eigenvalue weighted by molar-refractivity contribution is 6.32. The molecule has 0 bridgehead atoms. The maximum atomic E-state index is 6.20. The molecule has 1 aromatic heterocycles. The third-order valence-electron chi connectivity index (χ3n) is 2.94. The van der Waals surface area contributed by atoms with Crippen molar-refractivity contribution in [2.24, 2.45) is 0 Å². The van der Waals surface area contributed by atoms with Crippen LogP contribution in [0.1, 0.15) is 36.6 Å². The van der Waals surface area contributed by atoms with Gasteiger partial charge in [0.1, 0.15) is 12.4 Å². The number of rotatable bonds is 4. The molecule has 1 aromatic carbocycles. The molecule has 18 heavy (non-hydrogen) atoms. The number of nitrogens with one attached hydrogen (secondary N) is 1. The molecule has 0 aliphatic rings. The zero-order valence-electron chi connectivity index (χ0n) is 10.8. The van der Waals surface area contributed by atoms with Gasteiger partial charge in [-0.2, -0.15) is 5.10 Å². The Morgan fingerprint density at radius 1 is 1.39 bits per heavy atom. The van der Waals surface area contributed by atoms with Gasteiger partial charge in [-0.05, 0) is 30.5 Å². The summed E-state index contributed by atoms with van der Waals surface area (Å²) in [6.07, 6.45) is 1.77. The van der Waals surface area contributed by atoms with Crippen LogP contribution in [-0.4, -0.2) is 10.2 Å². The van der Waals surface area contributed by atoms with E-state index in [0.29, 0.717) is 23.3 Å². The van der Waals surface area contributed by atoms with Crippen molar-refractivity contribution < 1.29 is 4.74 Å². The van der Waals surface area contributed by atoms with Gasteiger partial charge in [0.05, 0.1) is 11.2 Å². The molecule has 3 nitrogen and oxygen atoms in total. The van der Waals surface area contributed by atoms with Gasteiger partial charge in [0.2, 0.25) is 0 Å². The highest BCUT2D eigenvalue weighted by atomic mass is 35.5. The smallest absolute Gasteiger partial charge is 0.138 e. The summed E-state index contributed by atoms with van der Waals surface area (Å²) in [5.74, 6) is 1.18. The number of hydrogen-bond acceptors (Lipinski definition) is 2. The lowest BCUT2D eigenvalue weighted by Crippen LogP contribution is -1.97. The largest absolute Gasteiger partial charge is 0.487 e. The van der Waals surface area contributed by atoms with Crippen LogP contribution in [0.15, 0.2) is 24.4 Å². The van der Waals surface area contributed by atoms with Crippen LogP contribution in [0.25, 0.3) is 0 Å². The van der Waals surface area contributed by atoms with Crippen molar-refractivity contribution in [1.29, 1.82) is 0 Å². The molecule has 1 heterocycles. The van der Waals surface area contributed by atoms with Crippen molar-refractivity contribution in [3.63, 3.8) is 0 Å². The van der Waals surface area contributed by atoms with E-state index >= 15 is 0 Å². The normalized spacial score (nSPS) is 10.9. The van der Waals surface area contributed by atoms with E-state index in [2.05, 4.69) is 24.0 Å². The first kappa shape index (κ1) is 13.0. The van der Waals surface area contributed by atoms with Gasteiger partial charge < -0.3 is 4.74 Å². The summed E-state index contributed by atoms with van der Waals surface area (Å²) in [7, 11) is 0. The molecule has 0 saturated carbocycles. The van der Waals surface area contributed by atoms with Gasteiger partial charge in [0.15, 0.2) is 0 Å². The molecule has 0 fully saturated rings. The fraction of sp³-hybridized carbons (Fsp3) is 0.357. The van der Waals surface area contributed by atoms with Crippen LogP contribution in [0.5, 0.6) is 5.75 Å². The summed E-state index contributed by atoms with van der Waals surface area (Å²) in [5.41, 5.74) is 3.27. The lowest BCUT2D eigenvalue weighted by atomic mass is 10.0. The highest BCUT2D eigenvalue weighted by Crippen LogP contribution is 2.29. The first-order chi connectivity index (χ1) is 8.58. The Morgan fingerprint density at radius 2 is 2.17 bits per heavy atom. The maximum Gasteiger partial charge on any atom is 0.138 e. The van der Waals surface area contributed by atoms with Gasteiger partial charge in [0, 0.05) is 11.3 Å². The summed E-state index contributed by atoms with van der Waals surface area (Å²) in [6, 6.07) is 5.94. The Hall–Kier alpha value is -1.48. The molecule has 2 rings (SSSR count). The van der Waals surface area contributed by atoms with Crippen LogP contribution < -0.4 is 4.74 Å². The van der Waals surface area contributed by atoms with Gasteiger partial charge in [-0.1, -0.05) is 31.5 Å². The van der Waals surface area contributed by atoms with E-state index in [1.54, 1.807) is 6.20 Å². The fourth-order valence-corrected chi connectivity index (χ4v) is 1.91. The predicted molar refractivity (Wildman–Crippen MR) is 73.2 cm³/mol. The molecule has 1 N–H and O–H groups in total. The van der Waals surface area contributed by atoms with Gasteiger partial charge >= 0.3 is 0 Å². The van der Waals surface area contributed by atoms with Gasteiger partial charge in [0.25, 0.3) is 0 Å². The monoisotopic (exact) mass is 264 g/mol. The van der Waals surface area contributed by atoms with Crippen molar-refractivity contribution in [3.8, 4) is 5.75 Å². The zero-order valence-corrected chi connectivity index (χ0v) is 11.6. The van der Waals surface area contributed by atoms with E-state index < -0.39 is 0 Å². The van der Waals surface area contributed by atoms with Crippen LogP contribution in [0.3, 0.4) is 0 Å². The lowest BCUT2D eigenvalue weighted by Gasteiger charge is -2.11. The van der Waals surface area contributed by atoms with Gasteiger partial charge in [-0.3, -0.25) is 5.10 Å². The number of halogens is 1. The summed E-state index contributed by atoms with van der Waals surface area (Å²) < 4.78 is 5.70. The number of H-pyrrole nitrogens is 1. The number of hydrogen-bond donors (Lipinski definition) is 1. The Balaban J connectivity index is 2.08. The number of benzene rings is 1. The summed E-state index contributed by atoms with van der Waals surface area (Å²) in [6.45, 7) is 6.72. The standard InChI is InChI=1S/C14H17ClN2O/c1-9(2)11-4-5-14(13(15)6-11)18-8-12-7-16-17-10(12)3/h4-7,9H,8H2,1-3H3,(H,16,17). The SMILES string of the molecule is Cc1[nH]ncc1COc1ccc(C(C)C)cc1Cl. The molecule has 0 amide bonds. The average Bonchev–Trinajstić information content (AvgIpc) is 2.73. The second kappa shape index (κ2) is 5.44. The van der Waals surface area contributed by atoms with Crippen molar-refractivity contribution in [2.45, 2.75) is 33.3 Å². The second-order valence-electron chi connectivity index (χ2n) is 4.65. The molecule has 96 valence electrons. The Labute approximate surface area is 112 Å². The average molecular weight is 265 g/mol. The number of aromatic amines is 1. The Morgan fingerprint density at radius 3 is 2.72 bits per heavy atom. The van der Waals surface area contributed by atoms with E-state index in [9.17, 15) is 0 Å². The predicted octanol–water partition coefficient (Wildman–Crippen LogP) is 4.07. The summed E-state index contributed by atoms with van der Waals surface area (Å²) >= 11 is 6.20.